The zero-order chi connectivity index (χ0) is 16.9. The molecular weight excluding hydrogens is 322 g/mol. The highest BCUT2D eigenvalue weighted by Crippen LogP contribution is 2.26. The summed E-state index contributed by atoms with van der Waals surface area (Å²) in [7, 11) is 1.60. The minimum atomic E-state index is -0.273. The quantitative estimate of drug-likeness (QED) is 0.507. The Kier molecular flexibility index (Phi) is 4.96. The van der Waals surface area contributed by atoms with Crippen LogP contribution in [0.25, 0.3) is 5.69 Å². The molecule has 0 spiro atoms. The van der Waals surface area contributed by atoms with E-state index in [1.54, 1.807) is 37.7 Å². The van der Waals surface area contributed by atoms with Crippen LogP contribution in [-0.2, 0) is 0 Å². The van der Waals surface area contributed by atoms with E-state index in [1.807, 2.05) is 41.8 Å². The van der Waals surface area contributed by atoms with Crippen molar-refractivity contribution in [3.63, 3.8) is 0 Å². The number of ketones is 1. The summed E-state index contributed by atoms with van der Waals surface area (Å²) in [6.45, 7) is 1.88. The fraction of sp³-hybridized carbons (Fsp3) is 0.167. The summed E-state index contributed by atoms with van der Waals surface area (Å²) in [6.07, 6.45) is 1.66. The van der Waals surface area contributed by atoms with E-state index in [4.69, 9.17) is 4.74 Å². The summed E-state index contributed by atoms with van der Waals surface area (Å²) in [5, 5.41) is 8.53. The van der Waals surface area contributed by atoms with Crippen molar-refractivity contribution in [2.24, 2.45) is 0 Å². The molecule has 0 aliphatic rings. The molecule has 1 heterocycles. The molecule has 0 saturated heterocycles. The summed E-state index contributed by atoms with van der Waals surface area (Å²) in [4.78, 5) is 12.6. The number of carbonyl (C=O) groups excluding carboxylic acids is 1. The van der Waals surface area contributed by atoms with E-state index in [0.29, 0.717) is 10.7 Å². The average Bonchev–Trinajstić information content (AvgIpc) is 3.10. The molecule has 6 heteroatoms. The van der Waals surface area contributed by atoms with Gasteiger partial charge in [-0.25, -0.2) is 0 Å². The Bertz CT molecular complexity index is 816. The first-order chi connectivity index (χ1) is 11.7. The van der Waals surface area contributed by atoms with E-state index in [2.05, 4.69) is 10.2 Å². The Balaban J connectivity index is 1.76. The molecule has 0 N–H and O–H groups in total. The molecule has 3 aromatic rings. The van der Waals surface area contributed by atoms with Gasteiger partial charge in [-0.15, -0.1) is 10.2 Å². The molecule has 24 heavy (non-hydrogen) atoms. The largest absolute Gasteiger partial charge is 0.497 e. The lowest BCUT2D eigenvalue weighted by molar-refractivity contribution is 0.0994. The molecular formula is C18H17N3O2S. The number of benzene rings is 2. The third-order valence-electron chi connectivity index (χ3n) is 3.58. The zero-order valence-corrected chi connectivity index (χ0v) is 14.2. The molecule has 1 atom stereocenters. The third-order valence-corrected chi connectivity index (χ3v) is 4.63. The number of thioether (sulfide) groups is 1. The number of para-hydroxylation sites is 1. The van der Waals surface area contributed by atoms with Crippen molar-refractivity contribution < 1.29 is 9.53 Å². The lowest BCUT2D eigenvalue weighted by Gasteiger charge is -2.11. The van der Waals surface area contributed by atoms with Gasteiger partial charge in [0.2, 0.25) is 0 Å². The first-order valence-electron chi connectivity index (χ1n) is 7.49. The summed E-state index contributed by atoms with van der Waals surface area (Å²) in [5.41, 5.74) is 1.62. The maximum atomic E-state index is 12.6. The Morgan fingerprint density at radius 1 is 1.12 bits per heavy atom. The third kappa shape index (κ3) is 3.49. The number of carbonyl (C=O) groups is 1. The van der Waals surface area contributed by atoms with Crippen LogP contribution in [0.3, 0.4) is 0 Å². The van der Waals surface area contributed by atoms with Gasteiger partial charge in [0, 0.05) is 11.3 Å². The summed E-state index contributed by atoms with van der Waals surface area (Å²) >= 11 is 1.39. The molecule has 0 aliphatic heterocycles. The summed E-state index contributed by atoms with van der Waals surface area (Å²) in [6, 6.07) is 16.9. The first-order valence-corrected chi connectivity index (χ1v) is 8.37. The Morgan fingerprint density at radius 2 is 1.83 bits per heavy atom. The smallest absolute Gasteiger partial charge is 0.196 e. The van der Waals surface area contributed by atoms with Crippen LogP contribution in [0.2, 0.25) is 0 Å². The van der Waals surface area contributed by atoms with E-state index in [0.717, 1.165) is 11.4 Å². The van der Waals surface area contributed by atoms with Gasteiger partial charge in [-0.2, -0.15) is 0 Å². The Hall–Kier alpha value is -2.60. The molecule has 0 amide bonds. The lowest BCUT2D eigenvalue weighted by Crippen LogP contribution is -2.14. The van der Waals surface area contributed by atoms with Crippen LogP contribution >= 0.6 is 11.8 Å². The number of nitrogens with zero attached hydrogens (tertiary/aromatic N) is 3. The number of ether oxygens (including phenoxy) is 1. The fourth-order valence-electron chi connectivity index (χ4n) is 2.27. The van der Waals surface area contributed by atoms with Gasteiger partial charge in [-0.1, -0.05) is 30.0 Å². The summed E-state index contributed by atoms with van der Waals surface area (Å²) in [5.74, 6) is 0.779. The van der Waals surface area contributed by atoms with Crippen molar-refractivity contribution in [3.05, 3.63) is 66.5 Å². The predicted molar refractivity (Wildman–Crippen MR) is 94.0 cm³/mol. The number of rotatable bonds is 6. The number of aromatic nitrogens is 3. The van der Waals surface area contributed by atoms with Crippen LogP contribution in [0, 0.1) is 0 Å². The molecule has 122 valence electrons. The molecule has 1 aromatic heterocycles. The van der Waals surface area contributed by atoms with Gasteiger partial charge < -0.3 is 4.74 Å². The molecule has 2 aromatic carbocycles. The molecule has 3 rings (SSSR count). The highest BCUT2D eigenvalue weighted by atomic mass is 32.2. The SMILES string of the molecule is COc1ccc(C(=O)C(C)Sc2nncn2-c2ccccc2)cc1. The standard InChI is InChI=1S/C18H17N3O2S/c1-13(17(22)14-8-10-16(23-2)11-9-14)24-18-20-19-12-21(18)15-6-4-3-5-7-15/h3-13H,1-2H3. The van der Waals surface area contributed by atoms with Crippen LogP contribution in [0.4, 0.5) is 0 Å². The average molecular weight is 339 g/mol. The molecule has 0 aliphatic carbocycles. The lowest BCUT2D eigenvalue weighted by atomic mass is 10.1. The van der Waals surface area contributed by atoms with E-state index in [-0.39, 0.29) is 11.0 Å². The van der Waals surface area contributed by atoms with Crippen LogP contribution < -0.4 is 4.74 Å². The van der Waals surface area contributed by atoms with Gasteiger partial charge in [0.05, 0.1) is 12.4 Å². The van der Waals surface area contributed by atoms with Crippen LogP contribution in [0.15, 0.2) is 66.1 Å². The second-order valence-corrected chi connectivity index (χ2v) is 6.48. The number of Topliss-reactive ketones (excluding diaryl/α,β-unsaturated/α-hetero) is 1. The van der Waals surface area contributed by atoms with Gasteiger partial charge in [-0.3, -0.25) is 9.36 Å². The van der Waals surface area contributed by atoms with Gasteiger partial charge in [-0.05, 0) is 43.3 Å². The monoisotopic (exact) mass is 339 g/mol. The second-order valence-electron chi connectivity index (χ2n) is 5.17. The van der Waals surface area contributed by atoms with E-state index >= 15 is 0 Å². The van der Waals surface area contributed by atoms with Gasteiger partial charge in [0.1, 0.15) is 12.1 Å². The van der Waals surface area contributed by atoms with Crippen molar-refractivity contribution in [2.75, 3.05) is 7.11 Å². The number of hydrogen-bond acceptors (Lipinski definition) is 5. The second kappa shape index (κ2) is 7.31. The number of methoxy groups -OCH3 is 1. The van der Waals surface area contributed by atoms with Gasteiger partial charge >= 0.3 is 0 Å². The molecule has 0 saturated carbocycles. The zero-order valence-electron chi connectivity index (χ0n) is 13.4. The molecule has 0 bridgehead atoms. The minimum Gasteiger partial charge on any atom is -0.497 e. The maximum absolute atomic E-state index is 12.6. The molecule has 0 fully saturated rings. The maximum Gasteiger partial charge on any atom is 0.196 e. The van der Waals surface area contributed by atoms with Crippen LogP contribution in [0.1, 0.15) is 17.3 Å². The van der Waals surface area contributed by atoms with E-state index in [1.165, 1.54) is 11.8 Å². The Morgan fingerprint density at radius 3 is 2.50 bits per heavy atom. The molecule has 5 nitrogen and oxygen atoms in total. The van der Waals surface area contributed by atoms with Crippen molar-refractivity contribution in [3.8, 4) is 11.4 Å². The molecule has 0 radical (unpaired) electrons. The van der Waals surface area contributed by atoms with Gasteiger partial charge in [0.25, 0.3) is 0 Å². The predicted octanol–water partition coefficient (Wildman–Crippen LogP) is 3.64. The first kappa shape index (κ1) is 16.3. The summed E-state index contributed by atoms with van der Waals surface area (Å²) < 4.78 is 7.00. The normalized spacial score (nSPS) is 11.9. The van der Waals surface area contributed by atoms with Crippen LogP contribution in [-0.4, -0.2) is 32.9 Å². The van der Waals surface area contributed by atoms with Crippen molar-refractivity contribution >= 4 is 17.5 Å². The van der Waals surface area contributed by atoms with Gasteiger partial charge in [0.15, 0.2) is 10.9 Å². The van der Waals surface area contributed by atoms with Crippen molar-refractivity contribution in [2.45, 2.75) is 17.3 Å². The van der Waals surface area contributed by atoms with Crippen molar-refractivity contribution in [1.82, 2.24) is 14.8 Å². The highest BCUT2D eigenvalue weighted by Gasteiger charge is 2.19. The van der Waals surface area contributed by atoms with E-state index in [9.17, 15) is 4.79 Å². The number of hydrogen-bond donors (Lipinski definition) is 0. The molecule has 1 unspecified atom stereocenters. The fourth-order valence-corrected chi connectivity index (χ4v) is 3.19. The minimum absolute atomic E-state index is 0.0465. The topological polar surface area (TPSA) is 57.0 Å². The highest BCUT2D eigenvalue weighted by molar-refractivity contribution is 8.00. The van der Waals surface area contributed by atoms with Crippen molar-refractivity contribution in [1.29, 1.82) is 0 Å². The van der Waals surface area contributed by atoms with Crippen LogP contribution in [0.5, 0.6) is 5.75 Å². The Labute approximate surface area is 144 Å². The van der Waals surface area contributed by atoms with E-state index < -0.39 is 0 Å².